The standard InChI is InChI=1S/C24H17N5O5S/c25-12-14-1-3-15(4-2-14)19-11-21(34-29-19)22-23(33-24(26)30)27-13-20(28-22)16-5-7-17(8-6-16)35(31,32)18-9-10-18/h1-8,11,13,18H,9-10H2,(H2,26,30). The first-order chi connectivity index (χ1) is 16.8. The molecule has 1 fully saturated rings. The van der Waals surface area contributed by atoms with Crippen LogP contribution in [0.25, 0.3) is 34.0 Å². The number of primary amides is 1. The first-order valence-corrected chi connectivity index (χ1v) is 12.1. The Hall–Kier alpha value is -4.56. The maximum absolute atomic E-state index is 12.5. The number of carbonyl (C=O) groups is 1. The highest BCUT2D eigenvalue weighted by Crippen LogP contribution is 2.35. The Bertz CT molecular complexity index is 1570. The Morgan fingerprint density at radius 1 is 1.06 bits per heavy atom. The number of hydrogen-bond acceptors (Lipinski definition) is 9. The smallest absolute Gasteiger partial charge is 0.389 e. The van der Waals surface area contributed by atoms with Crippen LogP contribution in [0.5, 0.6) is 5.88 Å². The molecular weight excluding hydrogens is 470 g/mol. The molecule has 1 saturated carbocycles. The molecule has 5 rings (SSSR count). The zero-order valence-electron chi connectivity index (χ0n) is 18.1. The molecule has 0 aliphatic heterocycles. The summed E-state index contributed by atoms with van der Waals surface area (Å²) in [6.45, 7) is 0. The van der Waals surface area contributed by atoms with Gasteiger partial charge in [0, 0.05) is 17.2 Å². The van der Waals surface area contributed by atoms with Crippen LogP contribution in [0.4, 0.5) is 4.79 Å². The number of amides is 1. The molecule has 1 aliphatic carbocycles. The van der Waals surface area contributed by atoms with Crippen molar-refractivity contribution in [3.63, 3.8) is 0 Å². The van der Waals surface area contributed by atoms with E-state index >= 15 is 0 Å². The number of nitriles is 1. The van der Waals surface area contributed by atoms with Gasteiger partial charge in [-0.15, -0.1) is 0 Å². The number of nitrogens with zero attached hydrogens (tertiary/aromatic N) is 4. The number of rotatable bonds is 6. The van der Waals surface area contributed by atoms with Crippen molar-refractivity contribution in [1.82, 2.24) is 15.1 Å². The fraction of sp³-hybridized carbons (Fsp3) is 0.125. The minimum Gasteiger partial charge on any atom is -0.389 e. The predicted octanol–water partition coefficient (Wildman–Crippen LogP) is 3.73. The number of nitrogens with two attached hydrogens (primary N) is 1. The summed E-state index contributed by atoms with van der Waals surface area (Å²) < 4.78 is 35.4. The maximum atomic E-state index is 12.5. The highest BCUT2D eigenvalue weighted by atomic mass is 32.2. The normalized spacial score (nSPS) is 13.2. The zero-order chi connectivity index (χ0) is 24.6. The summed E-state index contributed by atoms with van der Waals surface area (Å²) >= 11 is 0. The Balaban J connectivity index is 1.51. The molecule has 0 bridgehead atoms. The summed E-state index contributed by atoms with van der Waals surface area (Å²) in [5.74, 6) is -0.000370. The molecule has 2 N–H and O–H groups in total. The van der Waals surface area contributed by atoms with Gasteiger partial charge in [-0.05, 0) is 37.1 Å². The van der Waals surface area contributed by atoms with E-state index in [2.05, 4.69) is 15.1 Å². The molecule has 11 heteroatoms. The Kier molecular flexibility index (Phi) is 5.50. The van der Waals surface area contributed by atoms with Crippen molar-refractivity contribution in [2.75, 3.05) is 0 Å². The van der Waals surface area contributed by atoms with E-state index < -0.39 is 15.9 Å². The molecule has 1 aliphatic rings. The zero-order valence-corrected chi connectivity index (χ0v) is 18.9. The summed E-state index contributed by atoms with van der Waals surface area (Å²) in [5.41, 5.74) is 7.93. The fourth-order valence-corrected chi connectivity index (χ4v) is 5.13. The van der Waals surface area contributed by atoms with Crippen LogP contribution in [-0.2, 0) is 9.84 Å². The van der Waals surface area contributed by atoms with E-state index in [1.807, 2.05) is 6.07 Å². The van der Waals surface area contributed by atoms with Crippen molar-refractivity contribution < 1.29 is 22.5 Å². The monoisotopic (exact) mass is 487 g/mol. The third-order valence-electron chi connectivity index (χ3n) is 5.43. The van der Waals surface area contributed by atoms with Crippen LogP contribution in [0.2, 0.25) is 0 Å². The average molecular weight is 487 g/mol. The van der Waals surface area contributed by atoms with E-state index in [-0.39, 0.29) is 27.5 Å². The molecule has 0 saturated heterocycles. The van der Waals surface area contributed by atoms with Crippen molar-refractivity contribution in [3.8, 4) is 45.9 Å². The molecule has 35 heavy (non-hydrogen) atoms. The lowest BCUT2D eigenvalue weighted by molar-refractivity contribution is 0.209. The second-order valence-electron chi connectivity index (χ2n) is 7.86. The Labute approximate surface area is 199 Å². The summed E-state index contributed by atoms with van der Waals surface area (Å²) in [4.78, 5) is 20.3. The van der Waals surface area contributed by atoms with Gasteiger partial charge in [-0.1, -0.05) is 29.4 Å². The van der Waals surface area contributed by atoms with Crippen molar-refractivity contribution in [1.29, 1.82) is 5.26 Å². The van der Waals surface area contributed by atoms with Crippen LogP contribution in [0.3, 0.4) is 0 Å². The molecular formula is C24H17N5O5S. The number of ether oxygens (including phenoxy) is 1. The van der Waals surface area contributed by atoms with Crippen molar-refractivity contribution >= 4 is 15.9 Å². The summed E-state index contributed by atoms with van der Waals surface area (Å²) in [5, 5.41) is 12.7. The van der Waals surface area contributed by atoms with Gasteiger partial charge < -0.3 is 15.0 Å². The van der Waals surface area contributed by atoms with E-state index in [4.69, 9.17) is 20.3 Å². The Morgan fingerprint density at radius 2 is 1.71 bits per heavy atom. The molecule has 10 nitrogen and oxygen atoms in total. The summed E-state index contributed by atoms with van der Waals surface area (Å²) in [6, 6.07) is 16.7. The van der Waals surface area contributed by atoms with Crippen LogP contribution in [-0.4, -0.2) is 34.9 Å². The van der Waals surface area contributed by atoms with Gasteiger partial charge in [0.15, 0.2) is 21.3 Å². The summed E-state index contributed by atoms with van der Waals surface area (Å²) in [7, 11) is -3.31. The molecule has 2 heterocycles. The van der Waals surface area contributed by atoms with Gasteiger partial charge in [0.05, 0.1) is 33.7 Å². The molecule has 2 aromatic heterocycles. The third kappa shape index (κ3) is 4.47. The molecule has 1 amide bonds. The van der Waals surface area contributed by atoms with E-state index in [0.29, 0.717) is 40.9 Å². The van der Waals surface area contributed by atoms with Crippen molar-refractivity contribution in [2.24, 2.45) is 5.73 Å². The average Bonchev–Trinajstić information content (AvgIpc) is 3.62. The van der Waals surface area contributed by atoms with Crippen molar-refractivity contribution in [2.45, 2.75) is 23.0 Å². The minimum absolute atomic E-state index is 0.0865. The van der Waals surface area contributed by atoms with E-state index in [1.54, 1.807) is 42.5 Å². The molecule has 0 spiro atoms. The summed E-state index contributed by atoms with van der Waals surface area (Å²) in [6.07, 6.45) is 1.67. The van der Waals surface area contributed by atoms with Gasteiger partial charge in [-0.25, -0.2) is 23.2 Å². The minimum atomic E-state index is -3.31. The third-order valence-corrected chi connectivity index (χ3v) is 7.71. The SMILES string of the molecule is N#Cc1ccc(-c2cc(-c3nc(-c4ccc(S(=O)(=O)C5CC5)cc4)cnc3OC(N)=O)on2)cc1. The fourth-order valence-electron chi connectivity index (χ4n) is 3.47. The highest BCUT2D eigenvalue weighted by molar-refractivity contribution is 7.92. The van der Waals surface area contributed by atoms with Gasteiger partial charge in [0.2, 0.25) is 0 Å². The molecule has 0 atom stereocenters. The molecule has 2 aromatic carbocycles. The van der Waals surface area contributed by atoms with Gasteiger partial charge in [0.1, 0.15) is 5.69 Å². The highest BCUT2D eigenvalue weighted by Gasteiger charge is 2.36. The lowest BCUT2D eigenvalue weighted by Crippen LogP contribution is -2.17. The largest absolute Gasteiger partial charge is 0.411 e. The Morgan fingerprint density at radius 3 is 2.34 bits per heavy atom. The second kappa shape index (κ2) is 8.66. The number of sulfone groups is 1. The molecule has 0 unspecified atom stereocenters. The van der Waals surface area contributed by atoms with Gasteiger partial charge in [-0.2, -0.15) is 5.26 Å². The lowest BCUT2D eigenvalue weighted by Gasteiger charge is -2.08. The topological polar surface area (TPSA) is 162 Å². The number of hydrogen-bond donors (Lipinski definition) is 1. The number of aromatic nitrogens is 3. The van der Waals surface area contributed by atoms with Crippen LogP contribution < -0.4 is 10.5 Å². The van der Waals surface area contributed by atoms with Crippen LogP contribution in [0.15, 0.2) is 70.2 Å². The van der Waals surface area contributed by atoms with Gasteiger partial charge in [-0.3, -0.25) is 0 Å². The molecule has 0 radical (unpaired) electrons. The number of carbonyl (C=O) groups excluding carboxylic acids is 1. The van der Waals surface area contributed by atoms with E-state index in [0.717, 1.165) is 0 Å². The molecule has 4 aromatic rings. The van der Waals surface area contributed by atoms with E-state index in [9.17, 15) is 13.2 Å². The predicted molar refractivity (Wildman–Crippen MR) is 124 cm³/mol. The van der Waals surface area contributed by atoms with Crippen molar-refractivity contribution in [3.05, 3.63) is 66.4 Å². The van der Waals surface area contributed by atoms with Crippen LogP contribution >= 0.6 is 0 Å². The molecule has 174 valence electrons. The van der Waals surface area contributed by atoms with Gasteiger partial charge in [0.25, 0.3) is 5.88 Å². The van der Waals surface area contributed by atoms with E-state index in [1.165, 1.54) is 18.3 Å². The second-order valence-corrected chi connectivity index (χ2v) is 10.1. The van der Waals surface area contributed by atoms with Gasteiger partial charge >= 0.3 is 6.09 Å². The lowest BCUT2D eigenvalue weighted by atomic mass is 10.1. The van der Waals surface area contributed by atoms with Crippen LogP contribution in [0.1, 0.15) is 18.4 Å². The first kappa shape index (κ1) is 22.2. The van der Waals surface area contributed by atoms with Crippen LogP contribution in [0, 0.1) is 11.3 Å². The first-order valence-electron chi connectivity index (χ1n) is 10.5. The maximum Gasteiger partial charge on any atom is 0.411 e. The quantitative estimate of drug-likeness (QED) is 0.427. The number of benzene rings is 2.